The highest BCUT2D eigenvalue weighted by atomic mass is 16.1. The molecule has 0 unspecified atom stereocenters. The molecule has 162 valence electrons. The molecule has 0 atom stereocenters. The fourth-order valence-electron chi connectivity index (χ4n) is 4.77. The van der Waals surface area contributed by atoms with Crippen molar-refractivity contribution in [3.63, 3.8) is 0 Å². The topological polar surface area (TPSA) is 84.5 Å². The summed E-state index contributed by atoms with van der Waals surface area (Å²) in [5.41, 5.74) is 5.85. The van der Waals surface area contributed by atoms with Gasteiger partial charge in [-0.25, -0.2) is 9.67 Å². The fourth-order valence-corrected chi connectivity index (χ4v) is 4.77. The minimum absolute atomic E-state index is 0.172. The van der Waals surface area contributed by atoms with E-state index in [1.807, 2.05) is 26.1 Å². The van der Waals surface area contributed by atoms with E-state index in [9.17, 15) is 4.79 Å². The standard InChI is InChI=1S/C23H24N8O/c1-15-10-20-24-6-4-22(32)31(20)27-23(15)28-9-5-19-17(14-28)12-18(13-25-19)29-7-3-8-30-21(29)11-16(2)26-30/h4,6,10-13H,3,5,7-9,14H2,1-2H3. The number of nitrogens with zero attached hydrogens (tertiary/aromatic N) is 8. The highest BCUT2D eigenvalue weighted by Gasteiger charge is 2.24. The molecule has 32 heavy (non-hydrogen) atoms. The van der Waals surface area contributed by atoms with Gasteiger partial charge in [0.05, 0.1) is 17.6 Å². The van der Waals surface area contributed by atoms with Crippen molar-refractivity contribution in [1.29, 1.82) is 0 Å². The second-order valence-electron chi connectivity index (χ2n) is 8.55. The number of pyridine rings is 1. The lowest BCUT2D eigenvalue weighted by atomic mass is 10.0. The van der Waals surface area contributed by atoms with Gasteiger partial charge in [0.2, 0.25) is 0 Å². The van der Waals surface area contributed by atoms with Crippen molar-refractivity contribution < 1.29 is 0 Å². The second kappa shape index (κ2) is 7.15. The van der Waals surface area contributed by atoms with Gasteiger partial charge in [-0.15, -0.1) is 5.10 Å². The number of rotatable bonds is 2. The van der Waals surface area contributed by atoms with Crippen LogP contribution in [-0.2, 0) is 19.5 Å². The Hall–Kier alpha value is -3.75. The van der Waals surface area contributed by atoms with Gasteiger partial charge in [-0.2, -0.15) is 9.61 Å². The van der Waals surface area contributed by atoms with Crippen LogP contribution in [-0.4, -0.2) is 42.5 Å². The van der Waals surface area contributed by atoms with Crippen LogP contribution in [0.25, 0.3) is 5.65 Å². The normalized spacial score (nSPS) is 15.7. The zero-order valence-electron chi connectivity index (χ0n) is 18.2. The maximum absolute atomic E-state index is 12.3. The lowest BCUT2D eigenvalue weighted by Gasteiger charge is -2.33. The van der Waals surface area contributed by atoms with E-state index in [0.29, 0.717) is 12.2 Å². The van der Waals surface area contributed by atoms with Crippen LogP contribution in [0.5, 0.6) is 0 Å². The Morgan fingerprint density at radius 3 is 2.81 bits per heavy atom. The van der Waals surface area contributed by atoms with Gasteiger partial charge in [-0.05, 0) is 43.5 Å². The van der Waals surface area contributed by atoms with Crippen molar-refractivity contribution in [1.82, 2.24) is 29.4 Å². The van der Waals surface area contributed by atoms with E-state index in [1.54, 1.807) is 0 Å². The molecule has 6 rings (SSSR count). The zero-order chi connectivity index (χ0) is 21.8. The average Bonchev–Trinajstić information content (AvgIpc) is 3.18. The number of fused-ring (bicyclic) bond motifs is 3. The first-order chi connectivity index (χ1) is 15.6. The van der Waals surface area contributed by atoms with Gasteiger partial charge in [0, 0.05) is 56.6 Å². The predicted octanol–water partition coefficient (Wildman–Crippen LogP) is 2.40. The summed E-state index contributed by atoms with van der Waals surface area (Å²) in [4.78, 5) is 25.9. The van der Waals surface area contributed by atoms with E-state index in [2.05, 4.69) is 41.8 Å². The Morgan fingerprint density at radius 1 is 1.00 bits per heavy atom. The Bertz CT molecular complexity index is 1410. The molecule has 0 saturated carbocycles. The molecule has 9 heteroatoms. The number of hydrogen-bond donors (Lipinski definition) is 0. The van der Waals surface area contributed by atoms with Crippen LogP contribution in [0, 0.1) is 13.8 Å². The van der Waals surface area contributed by atoms with E-state index < -0.39 is 0 Å². The average molecular weight is 429 g/mol. The van der Waals surface area contributed by atoms with Crippen molar-refractivity contribution >= 4 is 23.0 Å². The molecule has 0 fully saturated rings. The third-order valence-electron chi connectivity index (χ3n) is 6.29. The number of hydrogen-bond acceptors (Lipinski definition) is 7. The highest BCUT2D eigenvalue weighted by molar-refractivity contribution is 5.62. The summed E-state index contributed by atoms with van der Waals surface area (Å²) in [5.74, 6) is 1.94. The number of anilines is 3. The van der Waals surface area contributed by atoms with Gasteiger partial charge in [0.15, 0.2) is 11.5 Å². The van der Waals surface area contributed by atoms with E-state index in [-0.39, 0.29) is 5.56 Å². The first-order valence-electron chi connectivity index (χ1n) is 11.0. The van der Waals surface area contributed by atoms with Crippen molar-refractivity contribution in [3.05, 3.63) is 69.5 Å². The van der Waals surface area contributed by atoms with E-state index in [4.69, 9.17) is 4.98 Å². The summed E-state index contributed by atoms with van der Waals surface area (Å²) in [7, 11) is 0. The fraction of sp³-hybridized carbons (Fsp3) is 0.348. The Kier molecular flexibility index (Phi) is 4.24. The summed E-state index contributed by atoms with van der Waals surface area (Å²) in [5, 5.41) is 9.25. The number of aromatic nitrogens is 6. The summed E-state index contributed by atoms with van der Waals surface area (Å²) in [6.45, 7) is 7.47. The van der Waals surface area contributed by atoms with Gasteiger partial charge < -0.3 is 9.80 Å². The maximum Gasteiger partial charge on any atom is 0.274 e. The largest absolute Gasteiger partial charge is 0.350 e. The van der Waals surface area contributed by atoms with Crippen molar-refractivity contribution in [2.75, 3.05) is 22.9 Å². The highest BCUT2D eigenvalue weighted by Crippen LogP contribution is 2.32. The zero-order valence-corrected chi connectivity index (χ0v) is 18.2. The molecule has 0 spiro atoms. The van der Waals surface area contributed by atoms with Crippen LogP contribution < -0.4 is 15.4 Å². The van der Waals surface area contributed by atoms with Crippen LogP contribution in [0.4, 0.5) is 17.3 Å². The maximum atomic E-state index is 12.3. The molecular weight excluding hydrogens is 404 g/mol. The predicted molar refractivity (Wildman–Crippen MR) is 122 cm³/mol. The molecule has 0 bridgehead atoms. The lowest BCUT2D eigenvalue weighted by Crippen LogP contribution is -2.34. The summed E-state index contributed by atoms with van der Waals surface area (Å²) < 4.78 is 3.46. The van der Waals surface area contributed by atoms with Crippen molar-refractivity contribution in [2.24, 2.45) is 0 Å². The van der Waals surface area contributed by atoms with Crippen LogP contribution in [0.1, 0.15) is 28.9 Å². The molecule has 0 saturated heterocycles. The van der Waals surface area contributed by atoms with E-state index in [1.165, 1.54) is 22.3 Å². The van der Waals surface area contributed by atoms with Gasteiger partial charge in [0.25, 0.3) is 5.56 Å². The lowest BCUT2D eigenvalue weighted by molar-refractivity contribution is 0.539. The third-order valence-corrected chi connectivity index (χ3v) is 6.29. The first kappa shape index (κ1) is 19.0. The molecule has 0 aliphatic carbocycles. The number of aryl methyl sites for hydroxylation is 3. The van der Waals surface area contributed by atoms with Crippen molar-refractivity contribution in [3.8, 4) is 0 Å². The molecule has 0 aromatic carbocycles. The van der Waals surface area contributed by atoms with Crippen LogP contribution in [0.2, 0.25) is 0 Å². The SMILES string of the molecule is Cc1cc2n(n1)CCCN2c1cnc2c(c1)CN(c1nn3c(=O)ccnc3cc1C)CC2. The molecule has 4 aromatic rings. The molecule has 2 aliphatic rings. The van der Waals surface area contributed by atoms with E-state index in [0.717, 1.165) is 66.8 Å². The molecule has 0 radical (unpaired) electrons. The smallest absolute Gasteiger partial charge is 0.274 e. The molecule has 6 heterocycles. The summed E-state index contributed by atoms with van der Waals surface area (Å²) >= 11 is 0. The summed E-state index contributed by atoms with van der Waals surface area (Å²) in [6.07, 6.45) is 5.40. The monoisotopic (exact) mass is 428 g/mol. The molecule has 4 aromatic heterocycles. The minimum atomic E-state index is -0.172. The third kappa shape index (κ3) is 3.04. The Labute approximate surface area is 184 Å². The minimum Gasteiger partial charge on any atom is -0.350 e. The first-order valence-corrected chi connectivity index (χ1v) is 11.0. The van der Waals surface area contributed by atoms with Crippen LogP contribution >= 0.6 is 0 Å². The molecule has 2 aliphatic heterocycles. The Morgan fingerprint density at radius 2 is 1.91 bits per heavy atom. The summed E-state index contributed by atoms with van der Waals surface area (Å²) in [6, 6.07) is 7.74. The van der Waals surface area contributed by atoms with Gasteiger partial charge in [-0.1, -0.05) is 0 Å². The molecule has 9 nitrogen and oxygen atoms in total. The Balaban J connectivity index is 1.36. The van der Waals surface area contributed by atoms with Crippen LogP contribution in [0.3, 0.4) is 0 Å². The van der Waals surface area contributed by atoms with Crippen molar-refractivity contribution in [2.45, 2.75) is 39.8 Å². The molecule has 0 N–H and O–H groups in total. The molecular formula is C23H24N8O. The van der Waals surface area contributed by atoms with Crippen LogP contribution in [0.15, 0.2) is 41.5 Å². The van der Waals surface area contributed by atoms with Gasteiger partial charge in [0.1, 0.15) is 5.82 Å². The quantitative estimate of drug-likeness (QED) is 0.485. The van der Waals surface area contributed by atoms with Gasteiger partial charge in [-0.3, -0.25) is 9.78 Å². The van der Waals surface area contributed by atoms with E-state index >= 15 is 0 Å². The van der Waals surface area contributed by atoms with Gasteiger partial charge >= 0.3 is 0 Å². The second-order valence-corrected chi connectivity index (χ2v) is 8.55. The molecule has 0 amide bonds.